The monoisotopic (exact) mass is 198 g/mol. The fraction of sp³-hybridized carbons (Fsp3) is 0.778. The second kappa shape index (κ2) is 5.72. The minimum Gasteiger partial charge on any atom is -0.338 e. The second-order valence-corrected chi connectivity index (χ2v) is 3.41. The summed E-state index contributed by atoms with van der Waals surface area (Å²) in [4.78, 5) is 4.07. The largest absolute Gasteiger partial charge is 0.338 e. The summed E-state index contributed by atoms with van der Waals surface area (Å²) in [7, 11) is 0. The van der Waals surface area contributed by atoms with Crippen molar-refractivity contribution in [2.24, 2.45) is 5.73 Å². The molecule has 1 aromatic heterocycles. The molecule has 0 radical (unpaired) electrons. The minimum atomic E-state index is 0.212. The molecular formula is C9H18N4O. The SMILES string of the molecule is CCCC(N)CNCc1nc(C)no1. The highest BCUT2D eigenvalue weighted by Crippen LogP contribution is 1.95. The van der Waals surface area contributed by atoms with Crippen LogP contribution in [0.15, 0.2) is 4.52 Å². The lowest BCUT2D eigenvalue weighted by atomic mass is 10.2. The van der Waals surface area contributed by atoms with Crippen LogP contribution in [-0.4, -0.2) is 22.7 Å². The normalized spacial score (nSPS) is 13.1. The number of nitrogens with one attached hydrogen (secondary N) is 1. The topological polar surface area (TPSA) is 77.0 Å². The van der Waals surface area contributed by atoms with Gasteiger partial charge in [-0.15, -0.1) is 0 Å². The first-order valence-electron chi connectivity index (χ1n) is 4.98. The van der Waals surface area contributed by atoms with Crippen molar-refractivity contribution in [3.05, 3.63) is 11.7 Å². The number of hydrogen-bond donors (Lipinski definition) is 2. The molecule has 0 bridgehead atoms. The molecule has 0 aromatic carbocycles. The Balaban J connectivity index is 2.15. The van der Waals surface area contributed by atoms with E-state index in [-0.39, 0.29) is 6.04 Å². The Hall–Kier alpha value is -0.940. The van der Waals surface area contributed by atoms with Crippen LogP contribution in [0, 0.1) is 6.92 Å². The van der Waals surface area contributed by atoms with Crippen LogP contribution in [0.3, 0.4) is 0 Å². The molecule has 5 heteroatoms. The summed E-state index contributed by atoms with van der Waals surface area (Å²) < 4.78 is 4.94. The third-order valence-electron chi connectivity index (χ3n) is 1.91. The van der Waals surface area contributed by atoms with Crippen LogP contribution in [0.5, 0.6) is 0 Å². The standard InChI is InChI=1S/C9H18N4O/c1-3-4-8(10)5-11-6-9-12-7(2)13-14-9/h8,11H,3-6,10H2,1-2H3. The van der Waals surface area contributed by atoms with E-state index in [1.54, 1.807) is 6.92 Å². The van der Waals surface area contributed by atoms with E-state index in [4.69, 9.17) is 10.3 Å². The summed E-state index contributed by atoms with van der Waals surface area (Å²) >= 11 is 0. The summed E-state index contributed by atoms with van der Waals surface area (Å²) in [6, 6.07) is 0.212. The van der Waals surface area contributed by atoms with Crippen molar-refractivity contribution in [2.75, 3.05) is 6.54 Å². The van der Waals surface area contributed by atoms with Crippen molar-refractivity contribution < 1.29 is 4.52 Å². The predicted molar refractivity (Wildman–Crippen MR) is 53.6 cm³/mol. The molecule has 0 fully saturated rings. The summed E-state index contributed by atoms with van der Waals surface area (Å²) in [5.74, 6) is 1.28. The quantitative estimate of drug-likeness (QED) is 0.699. The van der Waals surface area contributed by atoms with Crippen molar-refractivity contribution in [2.45, 2.75) is 39.3 Å². The maximum Gasteiger partial charge on any atom is 0.240 e. The average Bonchev–Trinajstić information content (AvgIpc) is 2.52. The van der Waals surface area contributed by atoms with Gasteiger partial charge in [0.2, 0.25) is 5.89 Å². The van der Waals surface area contributed by atoms with E-state index >= 15 is 0 Å². The van der Waals surface area contributed by atoms with Gasteiger partial charge in [-0.05, 0) is 13.3 Å². The highest BCUT2D eigenvalue weighted by atomic mass is 16.5. The van der Waals surface area contributed by atoms with Gasteiger partial charge < -0.3 is 15.6 Å². The van der Waals surface area contributed by atoms with E-state index < -0.39 is 0 Å². The molecule has 0 spiro atoms. The molecule has 0 saturated heterocycles. The molecule has 1 rings (SSSR count). The van der Waals surface area contributed by atoms with Crippen molar-refractivity contribution in [1.29, 1.82) is 0 Å². The van der Waals surface area contributed by atoms with Gasteiger partial charge in [-0.3, -0.25) is 0 Å². The Morgan fingerprint density at radius 1 is 1.57 bits per heavy atom. The Morgan fingerprint density at radius 2 is 2.36 bits per heavy atom. The van der Waals surface area contributed by atoms with Crippen LogP contribution >= 0.6 is 0 Å². The summed E-state index contributed by atoms with van der Waals surface area (Å²) in [5, 5.41) is 6.87. The van der Waals surface area contributed by atoms with Gasteiger partial charge in [0.05, 0.1) is 6.54 Å². The fourth-order valence-corrected chi connectivity index (χ4v) is 1.25. The van der Waals surface area contributed by atoms with Crippen LogP contribution in [0.1, 0.15) is 31.5 Å². The number of nitrogens with two attached hydrogens (primary N) is 1. The van der Waals surface area contributed by atoms with Gasteiger partial charge >= 0.3 is 0 Å². The zero-order chi connectivity index (χ0) is 10.4. The molecule has 1 atom stereocenters. The molecule has 3 N–H and O–H groups in total. The molecule has 0 aliphatic rings. The summed E-state index contributed by atoms with van der Waals surface area (Å²) in [6.07, 6.45) is 2.15. The van der Waals surface area contributed by atoms with Crippen molar-refractivity contribution in [3.8, 4) is 0 Å². The van der Waals surface area contributed by atoms with Crippen LogP contribution < -0.4 is 11.1 Å². The number of hydrogen-bond acceptors (Lipinski definition) is 5. The molecule has 5 nitrogen and oxygen atoms in total. The molecule has 0 aliphatic heterocycles. The van der Waals surface area contributed by atoms with Crippen molar-refractivity contribution in [3.63, 3.8) is 0 Å². The molecule has 0 amide bonds. The van der Waals surface area contributed by atoms with Crippen LogP contribution in [0.4, 0.5) is 0 Å². The highest BCUT2D eigenvalue weighted by Gasteiger charge is 2.03. The zero-order valence-electron chi connectivity index (χ0n) is 8.79. The van der Waals surface area contributed by atoms with Gasteiger partial charge in [0.25, 0.3) is 0 Å². The van der Waals surface area contributed by atoms with E-state index in [9.17, 15) is 0 Å². The molecule has 1 unspecified atom stereocenters. The van der Waals surface area contributed by atoms with Gasteiger partial charge in [-0.2, -0.15) is 4.98 Å². The van der Waals surface area contributed by atoms with Gasteiger partial charge in [0, 0.05) is 12.6 Å². The average molecular weight is 198 g/mol. The lowest BCUT2D eigenvalue weighted by Crippen LogP contribution is -2.33. The van der Waals surface area contributed by atoms with Crippen LogP contribution in [0.25, 0.3) is 0 Å². The first-order valence-corrected chi connectivity index (χ1v) is 4.98. The molecule has 80 valence electrons. The maximum atomic E-state index is 5.82. The Morgan fingerprint density at radius 3 is 2.93 bits per heavy atom. The molecule has 0 aliphatic carbocycles. The Kier molecular flexibility index (Phi) is 4.55. The molecule has 0 saturated carbocycles. The van der Waals surface area contributed by atoms with E-state index in [1.807, 2.05) is 0 Å². The number of aryl methyl sites for hydroxylation is 1. The zero-order valence-corrected chi connectivity index (χ0v) is 8.79. The van der Waals surface area contributed by atoms with E-state index in [0.29, 0.717) is 18.3 Å². The lowest BCUT2D eigenvalue weighted by Gasteiger charge is -2.09. The van der Waals surface area contributed by atoms with Gasteiger partial charge in [-0.25, -0.2) is 0 Å². The van der Waals surface area contributed by atoms with Gasteiger partial charge in [0.15, 0.2) is 5.82 Å². The molecule has 14 heavy (non-hydrogen) atoms. The second-order valence-electron chi connectivity index (χ2n) is 3.41. The number of nitrogens with zero attached hydrogens (tertiary/aromatic N) is 2. The number of aromatic nitrogens is 2. The Labute approximate surface area is 84.1 Å². The van der Waals surface area contributed by atoms with Crippen molar-refractivity contribution in [1.82, 2.24) is 15.5 Å². The molecular weight excluding hydrogens is 180 g/mol. The van der Waals surface area contributed by atoms with E-state index in [0.717, 1.165) is 19.4 Å². The highest BCUT2D eigenvalue weighted by molar-refractivity contribution is 4.82. The van der Waals surface area contributed by atoms with Crippen molar-refractivity contribution >= 4 is 0 Å². The van der Waals surface area contributed by atoms with E-state index in [1.165, 1.54) is 0 Å². The fourth-order valence-electron chi connectivity index (χ4n) is 1.25. The minimum absolute atomic E-state index is 0.212. The molecule has 1 heterocycles. The van der Waals surface area contributed by atoms with E-state index in [2.05, 4.69) is 22.4 Å². The summed E-state index contributed by atoms with van der Waals surface area (Å²) in [5.41, 5.74) is 5.82. The van der Waals surface area contributed by atoms with Crippen LogP contribution in [-0.2, 0) is 6.54 Å². The summed E-state index contributed by atoms with van der Waals surface area (Å²) in [6.45, 7) is 5.31. The molecule has 1 aromatic rings. The van der Waals surface area contributed by atoms with Gasteiger partial charge in [-0.1, -0.05) is 18.5 Å². The predicted octanol–water partition coefficient (Wildman–Crippen LogP) is 0.595. The third-order valence-corrected chi connectivity index (χ3v) is 1.91. The first-order chi connectivity index (χ1) is 6.72. The first kappa shape index (κ1) is 11.1. The smallest absolute Gasteiger partial charge is 0.240 e. The lowest BCUT2D eigenvalue weighted by molar-refractivity contribution is 0.361. The van der Waals surface area contributed by atoms with Gasteiger partial charge in [0.1, 0.15) is 0 Å². The maximum absolute atomic E-state index is 5.82. The van der Waals surface area contributed by atoms with Crippen LogP contribution in [0.2, 0.25) is 0 Å². The number of rotatable bonds is 6. The third kappa shape index (κ3) is 3.85. The Bertz CT molecular complexity index is 261.